The molecule has 1 aromatic carbocycles. The second-order valence-electron chi connectivity index (χ2n) is 5.52. The summed E-state index contributed by atoms with van der Waals surface area (Å²) in [5.41, 5.74) is 9.79. The lowest BCUT2D eigenvalue weighted by Crippen LogP contribution is -2.37. The Bertz CT molecular complexity index is 648. The minimum Gasteiger partial charge on any atom is -0.399 e. The van der Waals surface area contributed by atoms with Gasteiger partial charge in [0.15, 0.2) is 5.82 Å². The molecule has 116 valence electrons. The molecule has 1 aliphatic rings. The largest absolute Gasteiger partial charge is 0.399 e. The van der Waals surface area contributed by atoms with E-state index in [4.69, 9.17) is 20.4 Å². The van der Waals surface area contributed by atoms with Gasteiger partial charge in [-0.3, -0.25) is 0 Å². The summed E-state index contributed by atoms with van der Waals surface area (Å²) in [5.74, 6) is 1.80. The lowest BCUT2D eigenvalue weighted by Gasteiger charge is -2.29. The molecule has 0 aliphatic carbocycles. The molecule has 1 aromatic heterocycles. The fraction of sp³-hybridized carbons (Fsp3) is 0.412. The monoisotopic (exact) mass is 298 g/mol. The SMILES string of the molecule is CCc1nc(-c2ccc(N)cc2)nc(N2CCOCC2)c1C. The molecule has 0 saturated carbocycles. The number of morpholine rings is 1. The van der Waals surface area contributed by atoms with Crippen molar-refractivity contribution in [2.24, 2.45) is 0 Å². The highest BCUT2D eigenvalue weighted by Crippen LogP contribution is 2.26. The first-order valence-corrected chi connectivity index (χ1v) is 7.75. The highest BCUT2D eigenvalue weighted by atomic mass is 16.5. The first kappa shape index (κ1) is 14.8. The number of aryl methyl sites for hydroxylation is 1. The van der Waals surface area contributed by atoms with E-state index in [1.807, 2.05) is 24.3 Å². The van der Waals surface area contributed by atoms with Gasteiger partial charge in [0.05, 0.1) is 13.2 Å². The predicted molar refractivity (Wildman–Crippen MR) is 89.0 cm³/mol. The van der Waals surface area contributed by atoms with Crippen molar-refractivity contribution in [1.82, 2.24) is 9.97 Å². The van der Waals surface area contributed by atoms with Crippen LogP contribution in [0.25, 0.3) is 11.4 Å². The Kier molecular flexibility index (Phi) is 4.24. The zero-order chi connectivity index (χ0) is 15.5. The number of nitrogens with two attached hydrogens (primary N) is 1. The molecule has 2 N–H and O–H groups in total. The number of aromatic nitrogens is 2. The summed E-state index contributed by atoms with van der Waals surface area (Å²) < 4.78 is 5.45. The Hall–Kier alpha value is -2.14. The molecule has 22 heavy (non-hydrogen) atoms. The molecule has 0 amide bonds. The maximum absolute atomic E-state index is 5.77. The highest BCUT2D eigenvalue weighted by Gasteiger charge is 2.18. The zero-order valence-corrected chi connectivity index (χ0v) is 13.2. The van der Waals surface area contributed by atoms with Gasteiger partial charge in [-0.15, -0.1) is 0 Å². The van der Waals surface area contributed by atoms with Crippen molar-refractivity contribution >= 4 is 11.5 Å². The van der Waals surface area contributed by atoms with Gasteiger partial charge in [-0.05, 0) is 37.6 Å². The molecular formula is C17H22N4O. The number of hydrogen-bond donors (Lipinski definition) is 1. The summed E-state index contributed by atoms with van der Waals surface area (Å²) >= 11 is 0. The van der Waals surface area contributed by atoms with E-state index in [-0.39, 0.29) is 0 Å². The minimum atomic E-state index is 0.750. The number of ether oxygens (including phenoxy) is 1. The lowest BCUT2D eigenvalue weighted by molar-refractivity contribution is 0.122. The van der Waals surface area contributed by atoms with E-state index in [1.165, 1.54) is 5.56 Å². The molecule has 5 heteroatoms. The van der Waals surface area contributed by atoms with E-state index < -0.39 is 0 Å². The summed E-state index contributed by atoms with van der Waals surface area (Å²) in [6.07, 6.45) is 0.896. The van der Waals surface area contributed by atoms with Gasteiger partial charge in [-0.25, -0.2) is 9.97 Å². The van der Waals surface area contributed by atoms with Crippen molar-refractivity contribution in [3.63, 3.8) is 0 Å². The van der Waals surface area contributed by atoms with Gasteiger partial charge >= 0.3 is 0 Å². The second-order valence-corrected chi connectivity index (χ2v) is 5.52. The molecule has 0 atom stereocenters. The van der Waals surface area contributed by atoms with Crippen molar-refractivity contribution in [2.45, 2.75) is 20.3 Å². The van der Waals surface area contributed by atoms with E-state index in [1.54, 1.807) is 0 Å². The predicted octanol–water partition coefficient (Wildman–Crippen LogP) is 2.43. The van der Waals surface area contributed by atoms with Crippen LogP contribution in [-0.4, -0.2) is 36.3 Å². The van der Waals surface area contributed by atoms with Crippen molar-refractivity contribution in [2.75, 3.05) is 36.9 Å². The second kappa shape index (κ2) is 6.32. The Labute approximate surface area is 131 Å². The number of anilines is 2. The van der Waals surface area contributed by atoms with Crippen LogP contribution in [0.4, 0.5) is 11.5 Å². The third kappa shape index (κ3) is 2.90. The number of benzene rings is 1. The average Bonchev–Trinajstić information content (AvgIpc) is 2.57. The van der Waals surface area contributed by atoms with E-state index in [0.29, 0.717) is 0 Å². The summed E-state index contributed by atoms with van der Waals surface area (Å²) in [7, 11) is 0. The molecular weight excluding hydrogens is 276 g/mol. The van der Waals surface area contributed by atoms with Crippen LogP contribution < -0.4 is 10.6 Å². The third-order valence-corrected chi connectivity index (χ3v) is 4.04. The molecule has 1 fully saturated rings. The molecule has 5 nitrogen and oxygen atoms in total. The minimum absolute atomic E-state index is 0.750. The topological polar surface area (TPSA) is 64.3 Å². The molecule has 3 rings (SSSR count). The van der Waals surface area contributed by atoms with Crippen LogP contribution in [-0.2, 0) is 11.2 Å². The fourth-order valence-corrected chi connectivity index (χ4v) is 2.74. The van der Waals surface area contributed by atoms with Gasteiger partial charge < -0.3 is 15.4 Å². The van der Waals surface area contributed by atoms with Crippen molar-refractivity contribution < 1.29 is 4.74 Å². The first-order chi connectivity index (χ1) is 10.7. The van der Waals surface area contributed by atoms with Gasteiger partial charge in [-0.2, -0.15) is 0 Å². The van der Waals surface area contributed by atoms with Crippen LogP contribution in [0.2, 0.25) is 0 Å². The summed E-state index contributed by atoms with van der Waals surface area (Å²) in [4.78, 5) is 11.9. The summed E-state index contributed by atoms with van der Waals surface area (Å²) in [6, 6.07) is 7.72. The summed E-state index contributed by atoms with van der Waals surface area (Å²) in [6.45, 7) is 7.50. The molecule has 0 radical (unpaired) electrons. The van der Waals surface area contributed by atoms with Crippen LogP contribution in [0, 0.1) is 6.92 Å². The Morgan fingerprint density at radius 2 is 1.82 bits per heavy atom. The first-order valence-electron chi connectivity index (χ1n) is 7.75. The van der Waals surface area contributed by atoms with Gasteiger partial charge in [0.1, 0.15) is 5.82 Å². The quantitative estimate of drug-likeness (QED) is 0.882. The molecule has 0 spiro atoms. The van der Waals surface area contributed by atoms with E-state index in [9.17, 15) is 0 Å². The normalized spacial score (nSPS) is 15.1. The molecule has 1 aliphatic heterocycles. The van der Waals surface area contributed by atoms with Gasteiger partial charge in [0, 0.05) is 35.6 Å². The maximum Gasteiger partial charge on any atom is 0.161 e. The number of nitrogen functional groups attached to an aromatic ring is 1. The standard InChI is InChI=1S/C17H22N4O/c1-3-15-12(2)17(21-8-10-22-11-9-21)20-16(19-15)13-4-6-14(18)7-5-13/h4-7H,3,8-11,18H2,1-2H3. The average molecular weight is 298 g/mol. The number of rotatable bonds is 3. The van der Waals surface area contributed by atoms with Crippen LogP contribution in [0.5, 0.6) is 0 Å². The van der Waals surface area contributed by atoms with Crippen molar-refractivity contribution in [3.05, 3.63) is 35.5 Å². The van der Waals surface area contributed by atoms with Crippen LogP contribution >= 0.6 is 0 Å². The van der Waals surface area contributed by atoms with E-state index >= 15 is 0 Å². The molecule has 2 aromatic rings. The van der Waals surface area contributed by atoms with Crippen LogP contribution in [0.1, 0.15) is 18.2 Å². The molecule has 1 saturated heterocycles. The summed E-state index contributed by atoms with van der Waals surface area (Å²) in [5, 5.41) is 0. The molecule has 0 bridgehead atoms. The lowest BCUT2D eigenvalue weighted by atomic mass is 10.1. The maximum atomic E-state index is 5.77. The Morgan fingerprint density at radius 3 is 2.45 bits per heavy atom. The Balaban J connectivity index is 2.05. The van der Waals surface area contributed by atoms with Gasteiger partial charge in [-0.1, -0.05) is 6.92 Å². The molecule has 0 unspecified atom stereocenters. The van der Waals surface area contributed by atoms with E-state index in [0.717, 1.165) is 61.3 Å². The zero-order valence-electron chi connectivity index (χ0n) is 13.2. The van der Waals surface area contributed by atoms with Gasteiger partial charge in [0.2, 0.25) is 0 Å². The van der Waals surface area contributed by atoms with Gasteiger partial charge in [0.25, 0.3) is 0 Å². The number of nitrogens with zero attached hydrogens (tertiary/aromatic N) is 3. The Morgan fingerprint density at radius 1 is 1.14 bits per heavy atom. The van der Waals surface area contributed by atoms with E-state index in [2.05, 4.69) is 18.7 Å². The third-order valence-electron chi connectivity index (χ3n) is 4.04. The van der Waals surface area contributed by atoms with Crippen molar-refractivity contribution in [1.29, 1.82) is 0 Å². The van der Waals surface area contributed by atoms with Crippen molar-refractivity contribution in [3.8, 4) is 11.4 Å². The molecule has 2 heterocycles. The smallest absolute Gasteiger partial charge is 0.161 e. The highest BCUT2D eigenvalue weighted by molar-refractivity contribution is 5.62. The van der Waals surface area contributed by atoms with Crippen LogP contribution in [0.15, 0.2) is 24.3 Å². The van der Waals surface area contributed by atoms with Crippen LogP contribution in [0.3, 0.4) is 0 Å². The number of hydrogen-bond acceptors (Lipinski definition) is 5. The fourth-order valence-electron chi connectivity index (χ4n) is 2.74.